The second-order valence-corrected chi connectivity index (χ2v) is 9.95. The van der Waals surface area contributed by atoms with Crippen molar-refractivity contribution in [2.24, 2.45) is 0 Å². The number of anilines is 1. The van der Waals surface area contributed by atoms with Crippen molar-refractivity contribution in [3.63, 3.8) is 0 Å². The normalized spacial score (nSPS) is 11.0. The van der Waals surface area contributed by atoms with E-state index >= 15 is 0 Å². The van der Waals surface area contributed by atoms with Gasteiger partial charge in [-0.05, 0) is 50.1 Å². The van der Waals surface area contributed by atoms with E-state index in [0.29, 0.717) is 17.2 Å². The van der Waals surface area contributed by atoms with E-state index in [1.54, 1.807) is 23.5 Å². The van der Waals surface area contributed by atoms with Crippen LogP contribution in [0.25, 0.3) is 21.6 Å². The zero-order chi connectivity index (χ0) is 23.5. The molecule has 1 aromatic carbocycles. The molecule has 0 spiro atoms. The van der Waals surface area contributed by atoms with E-state index in [1.807, 2.05) is 25.1 Å². The minimum absolute atomic E-state index is 0.0591. The van der Waals surface area contributed by atoms with Crippen molar-refractivity contribution in [2.75, 3.05) is 5.32 Å². The predicted octanol–water partition coefficient (Wildman–Crippen LogP) is 5.14. The van der Waals surface area contributed by atoms with Gasteiger partial charge in [0, 0.05) is 22.2 Å². The highest BCUT2D eigenvalue weighted by atomic mass is 32.1. The third kappa shape index (κ3) is 5.09. The summed E-state index contributed by atoms with van der Waals surface area (Å²) in [7, 11) is 0. The third-order valence-electron chi connectivity index (χ3n) is 5.17. The first kappa shape index (κ1) is 23.0. The topological polar surface area (TPSA) is 96.9 Å². The van der Waals surface area contributed by atoms with Crippen molar-refractivity contribution >= 4 is 50.7 Å². The smallest absolute Gasteiger partial charge is 0.257 e. The molecular weight excluding hydrogens is 454 g/mol. The number of thiophene rings is 1. The number of nitrogens with zero attached hydrogens (tertiary/aromatic N) is 3. The van der Waals surface area contributed by atoms with Crippen LogP contribution in [-0.2, 0) is 24.2 Å². The molecule has 0 fully saturated rings. The van der Waals surface area contributed by atoms with Crippen LogP contribution in [0.3, 0.4) is 0 Å². The van der Waals surface area contributed by atoms with Crippen molar-refractivity contribution in [3.8, 4) is 10.6 Å². The minimum atomic E-state index is -0.228. The Bertz CT molecular complexity index is 1340. The van der Waals surface area contributed by atoms with Crippen molar-refractivity contribution in [1.29, 1.82) is 0 Å². The van der Waals surface area contributed by atoms with E-state index in [2.05, 4.69) is 29.5 Å². The lowest BCUT2D eigenvalue weighted by atomic mass is 10.1. The highest BCUT2D eigenvalue weighted by Gasteiger charge is 2.16. The lowest BCUT2D eigenvalue weighted by Crippen LogP contribution is -2.17. The molecule has 3 heterocycles. The minimum Gasteiger partial charge on any atom is -0.351 e. The van der Waals surface area contributed by atoms with Crippen molar-refractivity contribution in [2.45, 2.75) is 47.1 Å². The van der Waals surface area contributed by atoms with Gasteiger partial charge in [0.1, 0.15) is 0 Å². The molecule has 0 aliphatic heterocycles. The number of hydrogen-bond donors (Lipinski definition) is 2. The molecule has 9 heteroatoms. The lowest BCUT2D eigenvalue weighted by Gasteiger charge is -2.08. The van der Waals surface area contributed by atoms with Crippen LogP contribution >= 0.6 is 22.7 Å². The third-order valence-corrected chi connectivity index (χ3v) is 7.15. The Morgan fingerprint density at radius 1 is 0.939 bits per heavy atom. The van der Waals surface area contributed by atoms with E-state index in [1.165, 1.54) is 18.3 Å². The molecular formula is C24H25N5O2S2. The van der Waals surface area contributed by atoms with E-state index in [9.17, 15) is 9.59 Å². The summed E-state index contributed by atoms with van der Waals surface area (Å²) in [5.41, 5.74) is 4.85. The Morgan fingerprint density at radius 2 is 1.67 bits per heavy atom. The number of amides is 2. The van der Waals surface area contributed by atoms with Crippen LogP contribution in [0.4, 0.5) is 5.13 Å². The van der Waals surface area contributed by atoms with Crippen LogP contribution in [0, 0.1) is 6.92 Å². The van der Waals surface area contributed by atoms with E-state index < -0.39 is 0 Å². The molecule has 0 radical (unpaired) electrons. The van der Waals surface area contributed by atoms with Gasteiger partial charge in [0.25, 0.3) is 5.91 Å². The number of fused-ring (bicyclic) bond motifs is 1. The summed E-state index contributed by atoms with van der Waals surface area (Å²) in [6.07, 6.45) is 1.64. The fourth-order valence-electron chi connectivity index (χ4n) is 3.49. The molecule has 4 aromatic rings. The van der Waals surface area contributed by atoms with Crippen molar-refractivity contribution < 1.29 is 9.59 Å². The first-order valence-corrected chi connectivity index (χ1v) is 12.4. The summed E-state index contributed by atoms with van der Waals surface area (Å²) in [4.78, 5) is 41.2. The zero-order valence-electron chi connectivity index (χ0n) is 19.0. The van der Waals surface area contributed by atoms with Gasteiger partial charge >= 0.3 is 0 Å². The summed E-state index contributed by atoms with van der Waals surface area (Å²) in [6.45, 7) is 8.11. The summed E-state index contributed by atoms with van der Waals surface area (Å²) in [5.74, 6) is -0.287. The van der Waals surface area contributed by atoms with Crippen LogP contribution in [0.15, 0.2) is 30.3 Å². The standard InChI is InChI=1S/C24H25N5O2S2/c1-5-17-18(6-2)27-20-11-15(7-9-19(20)26-17)23(31)29-24-28-22(13(3)32-24)21-10-8-16(33-21)12-25-14(4)30/h7-11H,5-6,12H2,1-4H3,(H,25,30)(H,28,29,31). The van der Waals surface area contributed by atoms with Gasteiger partial charge < -0.3 is 5.32 Å². The van der Waals surface area contributed by atoms with E-state index in [0.717, 1.165) is 55.6 Å². The molecule has 2 amide bonds. The maximum atomic E-state index is 12.9. The molecule has 0 aliphatic carbocycles. The average Bonchev–Trinajstić information content (AvgIpc) is 3.42. The maximum absolute atomic E-state index is 12.9. The highest BCUT2D eigenvalue weighted by Crippen LogP contribution is 2.35. The Balaban J connectivity index is 1.53. The molecule has 0 saturated heterocycles. The molecule has 4 rings (SSSR count). The molecule has 0 atom stereocenters. The Kier molecular flexibility index (Phi) is 6.80. The van der Waals surface area contributed by atoms with Crippen LogP contribution in [-0.4, -0.2) is 26.8 Å². The Morgan fingerprint density at radius 3 is 2.36 bits per heavy atom. The van der Waals surface area contributed by atoms with Crippen LogP contribution < -0.4 is 10.6 Å². The van der Waals surface area contributed by atoms with Crippen LogP contribution in [0.1, 0.15) is 52.3 Å². The number of carbonyl (C=O) groups excluding carboxylic acids is 2. The number of rotatable bonds is 7. The molecule has 0 unspecified atom stereocenters. The Labute approximate surface area is 200 Å². The monoisotopic (exact) mass is 479 g/mol. The number of nitrogens with one attached hydrogen (secondary N) is 2. The van der Waals surface area contributed by atoms with Gasteiger partial charge in [0.15, 0.2) is 5.13 Å². The largest absolute Gasteiger partial charge is 0.351 e. The van der Waals surface area contributed by atoms with E-state index in [-0.39, 0.29) is 11.8 Å². The molecule has 0 bridgehead atoms. The van der Waals surface area contributed by atoms with E-state index in [4.69, 9.17) is 9.97 Å². The van der Waals surface area contributed by atoms with Gasteiger partial charge in [0.2, 0.25) is 5.91 Å². The van der Waals surface area contributed by atoms with Crippen LogP contribution in [0.5, 0.6) is 0 Å². The first-order chi connectivity index (χ1) is 15.9. The number of benzene rings is 1. The number of thiazole rings is 1. The first-order valence-electron chi connectivity index (χ1n) is 10.8. The number of aromatic nitrogens is 3. The van der Waals surface area contributed by atoms with Gasteiger partial charge in [-0.15, -0.1) is 22.7 Å². The van der Waals surface area contributed by atoms with Crippen LogP contribution in [0.2, 0.25) is 0 Å². The van der Waals surface area contributed by atoms with Gasteiger partial charge in [-0.1, -0.05) is 13.8 Å². The second kappa shape index (κ2) is 9.76. The number of hydrogen-bond acceptors (Lipinski definition) is 7. The van der Waals surface area contributed by atoms with Gasteiger partial charge in [-0.2, -0.15) is 0 Å². The number of aryl methyl sites for hydroxylation is 3. The van der Waals surface area contributed by atoms with Gasteiger partial charge in [0.05, 0.1) is 39.5 Å². The molecule has 0 saturated carbocycles. The quantitative estimate of drug-likeness (QED) is 0.383. The zero-order valence-corrected chi connectivity index (χ0v) is 20.6. The highest BCUT2D eigenvalue weighted by molar-refractivity contribution is 7.18. The SMILES string of the molecule is CCc1nc2ccc(C(=O)Nc3nc(-c4ccc(CNC(C)=O)s4)c(C)s3)cc2nc1CC. The molecule has 33 heavy (non-hydrogen) atoms. The fourth-order valence-corrected chi connectivity index (χ4v) is 5.38. The number of carbonyl (C=O) groups is 2. The Hall–Kier alpha value is -3.17. The molecule has 7 nitrogen and oxygen atoms in total. The van der Waals surface area contributed by atoms with Crippen molar-refractivity contribution in [1.82, 2.24) is 20.3 Å². The molecule has 170 valence electrons. The molecule has 0 aliphatic rings. The van der Waals surface area contributed by atoms with Gasteiger partial charge in [-0.25, -0.2) is 15.0 Å². The predicted molar refractivity (Wildman–Crippen MR) is 134 cm³/mol. The summed E-state index contributed by atoms with van der Waals surface area (Å²) < 4.78 is 0. The summed E-state index contributed by atoms with van der Waals surface area (Å²) in [5, 5.41) is 6.27. The second-order valence-electron chi connectivity index (χ2n) is 7.58. The molecule has 3 aromatic heterocycles. The fraction of sp³-hybridized carbons (Fsp3) is 0.292. The average molecular weight is 480 g/mol. The van der Waals surface area contributed by atoms with Crippen molar-refractivity contribution in [3.05, 3.63) is 57.0 Å². The summed E-state index contributed by atoms with van der Waals surface area (Å²) in [6, 6.07) is 9.37. The lowest BCUT2D eigenvalue weighted by molar-refractivity contribution is -0.119. The van der Waals surface area contributed by atoms with Gasteiger partial charge in [-0.3, -0.25) is 14.9 Å². The summed E-state index contributed by atoms with van der Waals surface area (Å²) >= 11 is 3.02. The maximum Gasteiger partial charge on any atom is 0.257 e. The molecule has 2 N–H and O–H groups in total.